The molecule has 0 bridgehead atoms. The Morgan fingerprint density at radius 3 is 2.78 bits per heavy atom. The fourth-order valence-corrected chi connectivity index (χ4v) is 1.65. The lowest BCUT2D eigenvalue weighted by Crippen LogP contribution is -2.14. The summed E-state index contributed by atoms with van der Waals surface area (Å²) < 4.78 is 14.3. The zero-order valence-electron chi connectivity index (χ0n) is 9.58. The van der Waals surface area contributed by atoms with Gasteiger partial charge in [-0.15, -0.1) is 0 Å². The van der Waals surface area contributed by atoms with Crippen LogP contribution in [0.1, 0.15) is 15.9 Å². The summed E-state index contributed by atoms with van der Waals surface area (Å²) in [7, 11) is 0. The van der Waals surface area contributed by atoms with Gasteiger partial charge in [0, 0.05) is 10.7 Å². The van der Waals surface area contributed by atoms with Gasteiger partial charge in [-0.25, -0.2) is 9.37 Å². The lowest BCUT2D eigenvalue weighted by atomic mass is 10.2. The molecular weight excluding hydrogens is 299 g/mol. The number of pyridine rings is 1. The number of anilines is 1. The molecule has 1 aromatic carbocycles. The largest absolute Gasteiger partial charge is 0.306 e. The number of hydrogen-bond donors (Lipinski definition) is 1. The van der Waals surface area contributed by atoms with E-state index in [1.54, 1.807) is 18.3 Å². The van der Waals surface area contributed by atoms with Gasteiger partial charge in [-0.3, -0.25) is 4.79 Å². The Hall–Kier alpha value is -1.75. The highest BCUT2D eigenvalue weighted by Crippen LogP contribution is 2.18. The van der Waals surface area contributed by atoms with Crippen LogP contribution in [0, 0.1) is 12.7 Å². The highest BCUT2D eigenvalue weighted by Gasteiger charge is 2.11. The third kappa shape index (κ3) is 2.73. The summed E-state index contributed by atoms with van der Waals surface area (Å²) in [6, 6.07) is 7.53. The number of amides is 1. The number of aryl methyl sites for hydroxylation is 1. The molecule has 0 atom stereocenters. The maximum absolute atomic E-state index is 13.4. The molecule has 3 nitrogen and oxygen atoms in total. The van der Waals surface area contributed by atoms with Crippen LogP contribution < -0.4 is 5.32 Å². The SMILES string of the molecule is Cc1cc(NC(=O)c2ccccc2F)ncc1Br. The van der Waals surface area contributed by atoms with Crippen LogP contribution in [-0.2, 0) is 0 Å². The summed E-state index contributed by atoms with van der Waals surface area (Å²) in [5, 5.41) is 2.56. The van der Waals surface area contributed by atoms with Crippen molar-refractivity contribution >= 4 is 27.7 Å². The lowest BCUT2D eigenvalue weighted by molar-refractivity contribution is 0.102. The first-order chi connectivity index (χ1) is 8.58. The second kappa shape index (κ2) is 5.27. The van der Waals surface area contributed by atoms with Crippen LogP contribution in [-0.4, -0.2) is 10.9 Å². The standard InChI is InChI=1S/C13H10BrFN2O/c1-8-6-12(16-7-10(8)14)17-13(18)9-4-2-3-5-11(9)15/h2-7H,1H3,(H,16,17,18). The van der Waals surface area contributed by atoms with Gasteiger partial charge in [0.2, 0.25) is 0 Å². The van der Waals surface area contributed by atoms with Gasteiger partial charge < -0.3 is 5.32 Å². The highest BCUT2D eigenvalue weighted by atomic mass is 79.9. The second-order valence-corrected chi connectivity index (χ2v) is 4.61. The number of rotatable bonds is 2. The Bertz CT molecular complexity index is 601. The van der Waals surface area contributed by atoms with Crippen LogP contribution in [0.4, 0.5) is 10.2 Å². The van der Waals surface area contributed by atoms with E-state index in [4.69, 9.17) is 0 Å². The fourth-order valence-electron chi connectivity index (χ4n) is 1.44. The van der Waals surface area contributed by atoms with E-state index in [1.165, 1.54) is 18.2 Å². The minimum Gasteiger partial charge on any atom is -0.306 e. The molecular formula is C13H10BrFN2O. The maximum atomic E-state index is 13.4. The molecule has 0 saturated heterocycles. The number of carbonyl (C=O) groups is 1. The van der Waals surface area contributed by atoms with E-state index in [-0.39, 0.29) is 5.56 Å². The van der Waals surface area contributed by atoms with Crippen LogP contribution in [0.5, 0.6) is 0 Å². The highest BCUT2D eigenvalue weighted by molar-refractivity contribution is 9.10. The molecule has 0 saturated carbocycles. The van der Waals surface area contributed by atoms with Crippen LogP contribution in [0.3, 0.4) is 0 Å². The molecule has 0 unspecified atom stereocenters. The predicted molar refractivity (Wildman–Crippen MR) is 71.0 cm³/mol. The zero-order chi connectivity index (χ0) is 13.1. The Kier molecular flexibility index (Phi) is 3.72. The molecule has 1 amide bonds. The monoisotopic (exact) mass is 308 g/mol. The zero-order valence-corrected chi connectivity index (χ0v) is 11.2. The van der Waals surface area contributed by atoms with Crippen molar-refractivity contribution in [3.63, 3.8) is 0 Å². The molecule has 92 valence electrons. The molecule has 2 aromatic rings. The molecule has 1 heterocycles. The Balaban J connectivity index is 2.22. The van der Waals surface area contributed by atoms with Crippen molar-refractivity contribution in [3.8, 4) is 0 Å². The van der Waals surface area contributed by atoms with Gasteiger partial charge in [0.25, 0.3) is 5.91 Å². The summed E-state index contributed by atoms with van der Waals surface area (Å²) in [5.74, 6) is -0.671. The van der Waals surface area contributed by atoms with Gasteiger partial charge >= 0.3 is 0 Å². The molecule has 0 spiro atoms. The van der Waals surface area contributed by atoms with Crippen molar-refractivity contribution in [2.24, 2.45) is 0 Å². The number of benzene rings is 1. The van der Waals surface area contributed by atoms with Crippen molar-refractivity contribution < 1.29 is 9.18 Å². The Morgan fingerprint density at radius 1 is 1.39 bits per heavy atom. The minimum atomic E-state index is -0.552. The molecule has 1 N–H and O–H groups in total. The molecule has 18 heavy (non-hydrogen) atoms. The Morgan fingerprint density at radius 2 is 2.11 bits per heavy atom. The quantitative estimate of drug-likeness (QED) is 0.922. The predicted octanol–water partition coefficient (Wildman–Crippen LogP) is 3.54. The van der Waals surface area contributed by atoms with Gasteiger partial charge in [0.15, 0.2) is 0 Å². The van der Waals surface area contributed by atoms with Gasteiger partial charge in [0.05, 0.1) is 5.56 Å². The van der Waals surface area contributed by atoms with Crippen LogP contribution in [0.2, 0.25) is 0 Å². The third-order valence-corrected chi connectivity index (χ3v) is 3.24. The summed E-state index contributed by atoms with van der Waals surface area (Å²) in [6.45, 7) is 1.88. The van der Waals surface area contributed by atoms with Crippen LogP contribution >= 0.6 is 15.9 Å². The molecule has 0 radical (unpaired) electrons. The average Bonchev–Trinajstić information content (AvgIpc) is 2.34. The van der Waals surface area contributed by atoms with E-state index >= 15 is 0 Å². The van der Waals surface area contributed by atoms with Crippen LogP contribution in [0.25, 0.3) is 0 Å². The van der Waals surface area contributed by atoms with E-state index in [0.29, 0.717) is 5.82 Å². The molecule has 2 rings (SSSR count). The van der Waals surface area contributed by atoms with Gasteiger partial charge in [-0.2, -0.15) is 0 Å². The van der Waals surface area contributed by atoms with Crippen LogP contribution in [0.15, 0.2) is 41.0 Å². The first-order valence-corrected chi connectivity index (χ1v) is 6.05. The number of nitrogens with one attached hydrogen (secondary N) is 1. The van der Waals surface area contributed by atoms with Crippen molar-refractivity contribution in [1.82, 2.24) is 4.98 Å². The summed E-state index contributed by atoms with van der Waals surface area (Å²) >= 11 is 3.32. The lowest BCUT2D eigenvalue weighted by Gasteiger charge is -2.06. The smallest absolute Gasteiger partial charge is 0.259 e. The van der Waals surface area contributed by atoms with Crippen molar-refractivity contribution in [2.75, 3.05) is 5.32 Å². The first-order valence-electron chi connectivity index (χ1n) is 5.26. The van der Waals surface area contributed by atoms with E-state index in [2.05, 4.69) is 26.2 Å². The second-order valence-electron chi connectivity index (χ2n) is 3.75. The minimum absolute atomic E-state index is 0.000119. The topological polar surface area (TPSA) is 42.0 Å². The molecule has 1 aromatic heterocycles. The molecule has 0 aliphatic carbocycles. The van der Waals surface area contributed by atoms with E-state index in [9.17, 15) is 9.18 Å². The van der Waals surface area contributed by atoms with Gasteiger partial charge in [0.1, 0.15) is 11.6 Å². The number of hydrogen-bond acceptors (Lipinski definition) is 2. The van der Waals surface area contributed by atoms with Crippen molar-refractivity contribution in [3.05, 3.63) is 57.9 Å². The summed E-state index contributed by atoms with van der Waals surface area (Å²) in [5.41, 5.74) is 0.939. The van der Waals surface area contributed by atoms with Crippen molar-refractivity contribution in [1.29, 1.82) is 0 Å². The average molecular weight is 309 g/mol. The molecule has 0 aliphatic heterocycles. The van der Waals surface area contributed by atoms with E-state index in [1.807, 2.05) is 6.92 Å². The molecule has 5 heteroatoms. The summed E-state index contributed by atoms with van der Waals surface area (Å²) in [4.78, 5) is 15.9. The van der Waals surface area contributed by atoms with Gasteiger partial charge in [-0.05, 0) is 46.6 Å². The summed E-state index contributed by atoms with van der Waals surface area (Å²) in [6.07, 6.45) is 1.59. The normalized spacial score (nSPS) is 10.2. The maximum Gasteiger partial charge on any atom is 0.259 e. The number of carbonyl (C=O) groups excluding carboxylic acids is 1. The third-order valence-electron chi connectivity index (χ3n) is 2.41. The first kappa shape index (κ1) is 12.7. The fraction of sp³-hybridized carbons (Fsp3) is 0.0769. The van der Waals surface area contributed by atoms with Crippen molar-refractivity contribution in [2.45, 2.75) is 6.92 Å². The number of nitrogens with zero attached hydrogens (tertiary/aromatic N) is 1. The van der Waals surface area contributed by atoms with Gasteiger partial charge in [-0.1, -0.05) is 12.1 Å². The molecule has 0 fully saturated rings. The number of aromatic nitrogens is 1. The molecule has 0 aliphatic rings. The number of halogens is 2. The van der Waals surface area contributed by atoms with E-state index < -0.39 is 11.7 Å². The van der Waals surface area contributed by atoms with E-state index in [0.717, 1.165) is 10.0 Å². The Labute approximate surface area is 112 Å².